The third-order valence-corrected chi connectivity index (χ3v) is 5.36. The van der Waals surface area contributed by atoms with E-state index in [0.717, 1.165) is 12.8 Å². The molecule has 1 atom stereocenters. The van der Waals surface area contributed by atoms with Crippen LogP contribution in [0.15, 0.2) is 18.2 Å². The van der Waals surface area contributed by atoms with Gasteiger partial charge in [0.15, 0.2) is 0 Å². The van der Waals surface area contributed by atoms with E-state index < -0.39 is 0 Å². The maximum absolute atomic E-state index is 12.9. The number of nitrogens with zero attached hydrogens (tertiary/aromatic N) is 1. The van der Waals surface area contributed by atoms with Crippen LogP contribution < -0.4 is 0 Å². The van der Waals surface area contributed by atoms with Gasteiger partial charge in [-0.15, -0.1) is 0 Å². The highest BCUT2D eigenvalue weighted by molar-refractivity contribution is 5.92. The van der Waals surface area contributed by atoms with Crippen molar-refractivity contribution in [3.63, 3.8) is 0 Å². The van der Waals surface area contributed by atoms with Gasteiger partial charge >= 0.3 is 0 Å². The Bertz CT molecular complexity index is 576. The number of carbonyl (C=O) groups excluding carboxylic acids is 1. The van der Waals surface area contributed by atoms with Gasteiger partial charge in [0.1, 0.15) is 0 Å². The zero-order valence-corrected chi connectivity index (χ0v) is 14.0. The molecule has 2 heteroatoms. The minimum absolute atomic E-state index is 0.104. The van der Waals surface area contributed by atoms with Crippen LogP contribution in [0.1, 0.15) is 69.2 Å². The van der Waals surface area contributed by atoms with E-state index in [-0.39, 0.29) is 17.0 Å². The van der Waals surface area contributed by atoms with E-state index in [9.17, 15) is 4.79 Å². The molecule has 1 aliphatic heterocycles. The van der Waals surface area contributed by atoms with E-state index in [1.54, 1.807) is 0 Å². The van der Waals surface area contributed by atoms with Crippen molar-refractivity contribution >= 4 is 5.91 Å². The standard InChI is InChI=1S/C19H27NO/c1-13-8-9-15(14(2)12-13)16-19(10-6-7-11-19)17(21)20(16)18(3,4)5/h8-9,12,16H,6-7,10-11H2,1-5H3. The molecule has 1 aliphatic carbocycles. The average Bonchev–Trinajstić information content (AvgIpc) is 2.86. The zero-order chi connectivity index (χ0) is 15.4. The van der Waals surface area contributed by atoms with Crippen molar-refractivity contribution in [1.82, 2.24) is 4.90 Å². The number of benzene rings is 1. The van der Waals surface area contributed by atoms with Gasteiger partial charge in [0.2, 0.25) is 5.91 Å². The quantitative estimate of drug-likeness (QED) is 0.693. The molecule has 1 amide bonds. The lowest BCUT2D eigenvalue weighted by Crippen LogP contribution is -2.67. The molecular weight excluding hydrogens is 258 g/mol. The van der Waals surface area contributed by atoms with E-state index in [1.807, 2.05) is 0 Å². The first-order valence-electron chi connectivity index (χ1n) is 8.18. The highest BCUT2D eigenvalue weighted by Crippen LogP contribution is 2.61. The summed E-state index contributed by atoms with van der Waals surface area (Å²) in [6.45, 7) is 10.8. The maximum Gasteiger partial charge on any atom is 0.232 e. The molecule has 0 N–H and O–H groups in total. The van der Waals surface area contributed by atoms with Gasteiger partial charge in [-0.05, 0) is 58.6 Å². The number of carbonyl (C=O) groups is 1. The Balaban J connectivity index is 2.08. The largest absolute Gasteiger partial charge is 0.329 e. The second-order valence-electron chi connectivity index (χ2n) is 7.97. The lowest BCUT2D eigenvalue weighted by atomic mass is 9.64. The Morgan fingerprint density at radius 2 is 1.76 bits per heavy atom. The fourth-order valence-corrected chi connectivity index (χ4v) is 4.41. The molecule has 1 heterocycles. The summed E-state index contributed by atoms with van der Waals surface area (Å²) in [5.41, 5.74) is 3.77. The van der Waals surface area contributed by atoms with Crippen LogP contribution in [0.5, 0.6) is 0 Å². The van der Waals surface area contributed by atoms with Gasteiger partial charge in [0.25, 0.3) is 0 Å². The van der Waals surface area contributed by atoms with E-state index >= 15 is 0 Å². The van der Waals surface area contributed by atoms with Gasteiger partial charge in [-0.3, -0.25) is 4.79 Å². The monoisotopic (exact) mass is 285 g/mol. The van der Waals surface area contributed by atoms with Gasteiger partial charge in [0.05, 0.1) is 11.5 Å². The summed E-state index contributed by atoms with van der Waals surface area (Å²) in [6, 6.07) is 6.96. The molecule has 21 heavy (non-hydrogen) atoms. The molecule has 2 fully saturated rings. The SMILES string of the molecule is Cc1ccc(C2N(C(C)(C)C)C(=O)C23CCCC3)c(C)c1. The number of aryl methyl sites for hydroxylation is 2. The topological polar surface area (TPSA) is 20.3 Å². The number of likely N-dealkylation sites (tertiary alicyclic amines) is 1. The molecule has 1 spiro atoms. The lowest BCUT2D eigenvalue weighted by Gasteiger charge is -2.60. The van der Waals surface area contributed by atoms with E-state index in [4.69, 9.17) is 0 Å². The smallest absolute Gasteiger partial charge is 0.232 e. The predicted octanol–water partition coefficient (Wildman–Crippen LogP) is 4.55. The highest BCUT2D eigenvalue weighted by atomic mass is 16.2. The average molecular weight is 285 g/mol. The highest BCUT2D eigenvalue weighted by Gasteiger charge is 2.64. The first kappa shape index (κ1) is 14.6. The molecule has 0 aromatic heterocycles. The number of β-lactam (4-membered cyclic amide) rings is 1. The van der Waals surface area contributed by atoms with Crippen LogP contribution in [0, 0.1) is 19.3 Å². The van der Waals surface area contributed by atoms with E-state index in [1.165, 1.54) is 29.5 Å². The second-order valence-corrected chi connectivity index (χ2v) is 7.97. The second kappa shape index (κ2) is 4.59. The van der Waals surface area contributed by atoms with Gasteiger partial charge in [-0.25, -0.2) is 0 Å². The predicted molar refractivity (Wildman–Crippen MR) is 86.2 cm³/mol. The maximum atomic E-state index is 12.9. The lowest BCUT2D eigenvalue weighted by molar-refractivity contribution is -0.184. The van der Waals surface area contributed by atoms with Crippen LogP contribution in [-0.2, 0) is 4.79 Å². The zero-order valence-electron chi connectivity index (χ0n) is 14.0. The minimum Gasteiger partial charge on any atom is -0.329 e. The van der Waals surface area contributed by atoms with Crippen LogP contribution in [0.25, 0.3) is 0 Å². The van der Waals surface area contributed by atoms with Gasteiger partial charge in [-0.2, -0.15) is 0 Å². The fourth-order valence-electron chi connectivity index (χ4n) is 4.41. The molecule has 3 rings (SSSR count). The van der Waals surface area contributed by atoms with Crippen molar-refractivity contribution in [3.8, 4) is 0 Å². The molecular formula is C19H27NO. The first-order chi connectivity index (χ1) is 9.77. The first-order valence-corrected chi connectivity index (χ1v) is 8.18. The van der Waals surface area contributed by atoms with Crippen LogP contribution in [0.3, 0.4) is 0 Å². The van der Waals surface area contributed by atoms with E-state index in [2.05, 4.69) is 57.7 Å². The molecule has 2 nitrogen and oxygen atoms in total. The summed E-state index contributed by atoms with van der Waals surface area (Å²) in [4.78, 5) is 15.1. The molecule has 1 saturated heterocycles. The molecule has 1 aromatic carbocycles. The Morgan fingerprint density at radius 3 is 2.29 bits per heavy atom. The number of rotatable bonds is 1. The Labute approximate surface area is 128 Å². The Morgan fingerprint density at radius 1 is 1.14 bits per heavy atom. The molecule has 1 saturated carbocycles. The van der Waals surface area contributed by atoms with Crippen molar-refractivity contribution in [1.29, 1.82) is 0 Å². The summed E-state index contributed by atoms with van der Waals surface area (Å²) in [7, 11) is 0. The van der Waals surface area contributed by atoms with Gasteiger partial charge in [-0.1, -0.05) is 36.6 Å². The fraction of sp³-hybridized carbons (Fsp3) is 0.632. The van der Waals surface area contributed by atoms with Crippen molar-refractivity contribution in [2.24, 2.45) is 5.41 Å². The molecule has 0 bridgehead atoms. The summed E-state index contributed by atoms with van der Waals surface area (Å²) in [6.07, 6.45) is 4.53. The Kier molecular flexibility index (Phi) is 3.20. The van der Waals surface area contributed by atoms with Crippen molar-refractivity contribution in [3.05, 3.63) is 34.9 Å². The molecule has 1 aromatic rings. The van der Waals surface area contributed by atoms with Crippen LogP contribution >= 0.6 is 0 Å². The summed E-state index contributed by atoms with van der Waals surface area (Å²) in [5, 5.41) is 0. The third-order valence-electron chi connectivity index (χ3n) is 5.36. The normalized spacial score (nSPS) is 24.5. The Hall–Kier alpha value is -1.31. The third kappa shape index (κ3) is 2.03. The van der Waals surface area contributed by atoms with Gasteiger partial charge in [0, 0.05) is 5.54 Å². The number of hydrogen-bond donors (Lipinski definition) is 0. The summed E-state index contributed by atoms with van der Waals surface area (Å²) in [5.74, 6) is 0.387. The van der Waals surface area contributed by atoms with Crippen LogP contribution in [0.4, 0.5) is 0 Å². The van der Waals surface area contributed by atoms with Crippen molar-refractivity contribution in [2.75, 3.05) is 0 Å². The van der Waals surface area contributed by atoms with E-state index in [0.29, 0.717) is 5.91 Å². The van der Waals surface area contributed by atoms with Crippen molar-refractivity contribution < 1.29 is 4.79 Å². The molecule has 114 valence electrons. The number of hydrogen-bond acceptors (Lipinski definition) is 1. The van der Waals surface area contributed by atoms with Crippen LogP contribution in [0.2, 0.25) is 0 Å². The van der Waals surface area contributed by atoms with Crippen molar-refractivity contribution in [2.45, 2.75) is 71.9 Å². The molecule has 2 aliphatic rings. The summed E-state index contributed by atoms with van der Waals surface area (Å²) < 4.78 is 0. The summed E-state index contributed by atoms with van der Waals surface area (Å²) >= 11 is 0. The van der Waals surface area contributed by atoms with Crippen LogP contribution in [-0.4, -0.2) is 16.3 Å². The van der Waals surface area contributed by atoms with Gasteiger partial charge < -0.3 is 4.90 Å². The molecule has 0 radical (unpaired) electrons. The number of amides is 1. The minimum atomic E-state index is -0.104. The molecule has 1 unspecified atom stereocenters.